The Morgan fingerprint density at radius 2 is 1.41 bits per heavy atom. The summed E-state index contributed by atoms with van der Waals surface area (Å²) >= 11 is 0. The Labute approximate surface area is 211 Å². The highest BCUT2D eigenvalue weighted by Crippen LogP contribution is 2.50. The normalized spacial score (nSPS) is 25.0. The predicted octanol–water partition coefficient (Wildman–Crippen LogP) is 3.08. The zero-order valence-corrected chi connectivity index (χ0v) is 24.1. The molecule has 10 heteroatoms. The summed E-state index contributed by atoms with van der Waals surface area (Å²) in [4.78, 5) is 4.18. The van der Waals surface area contributed by atoms with Crippen LogP contribution in [0.5, 0.6) is 0 Å². The van der Waals surface area contributed by atoms with Crippen molar-refractivity contribution in [2.75, 3.05) is 74.8 Å². The Morgan fingerprint density at radius 1 is 0.882 bits per heavy atom. The van der Waals surface area contributed by atoms with Gasteiger partial charge in [0.05, 0.1) is 38.6 Å². The van der Waals surface area contributed by atoms with Crippen LogP contribution >= 0.6 is 8.53 Å². The minimum atomic E-state index is -1.49. The first-order valence-electron chi connectivity index (χ1n) is 13.1. The largest absolute Gasteiger partial charge is 0.377 e. The van der Waals surface area contributed by atoms with Crippen LogP contribution < -0.4 is 0 Å². The third-order valence-electron chi connectivity index (χ3n) is 5.49. The smallest absolute Gasteiger partial charge is 0.260 e. The molecule has 0 bridgehead atoms. The van der Waals surface area contributed by atoms with E-state index in [1.165, 1.54) is 0 Å². The number of hydrogen-bond acceptors (Lipinski definition) is 9. The molecule has 0 aromatic carbocycles. The van der Waals surface area contributed by atoms with Gasteiger partial charge in [-0.05, 0) is 69.7 Å². The summed E-state index contributed by atoms with van der Waals surface area (Å²) in [6, 6.07) is 0.391. The molecule has 1 aliphatic heterocycles. The van der Waals surface area contributed by atoms with Crippen molar-refractivity contribution in [3.05, 3.63) is 0 Å². The second-order valence-electron chi connectivity index (χ2n) is 9.94. The molecule has 0 spiro atoms. The van der Waals surface area contributed by atoms with Crippen LogP contribution in [0, 0.1) is 0 Å². The van der Waals surface area contributed by atoms with Crippen molar-refractivity contribution >= 4 is 8.53 Å². The maximum Gasteiger partial charge on any atom is 0.260 e. The van der Waals surface area contributed by atoms with Crippen LogP contribution in [-0.4, -0.2) is 132 Å². The van der Waals surface area contributed by atoms with Crippen molar-refractivity contribution in [3.63, 3.8) is 0 Å². The van der Waals surface area contributed by atoms with Gasteiger partial charge >= 0.3 is 0 Å². The maximum atomic E-state index is 7.99. The Kier molecular flexibility index (Phi) is 14.9. The molecule has 1 aliphatic rings. The van der Waals surface area contributed by atoms with Crippen molar-refractivity contribution in [2.45, 2.75) is 84.1 Å². The van der Waals surface area contributed by atoms with Crippen molar-refractivity contribution in [3.8, 4) is 0 Å². The maximum absolute atomic E-state index is 7.99. The van der Waals surface area contributed by atoms with Crippen LogP contribution in [0.25, 0.3) is 0 Å². The summed E-state index contributed by atoms with van der Waals surface area (Å²) in [7, 11) is 8.27. The molecule has 0 N–H and O–H groups in total. The van der Waals surface area contributed by atoms with Gasteiger partial charge in [0.15, 0.2) is 0 Å². The molecule has 0 aromatic rings. The average molecular weight is 511 g/mol. The summed E-state index contributed by atoms with van der Waals surface area (Å²) < 4.78 is 47.2. The molecule has 1 heterocycles. The van der Waals surface area contributed by atoms with Crippen LogP contribution in [0.2, 0.25) is 0 Å². The van der Waals surface area contributed by atoms with Gasteiger partial charge in [-0.15, -0.1) is 0 Å². The molecule has 204 valence electrons. The predicted molar refractivity (Wildman–Crippen MR) is 138 cm³/mol. The molecule has 1 fully saturated rings. The van der Waals surface area contributed by atoms with Crippen molar-refractivity contribution in [1.82, 2.24) is 14.5 Å². The summed E-state index contributed by atoms with van der Waals surface area (Å²) in [5, 5.41) is 0. The highest BCUT2D eigenvalue weighted by Gasteiger charge is 2.45. The fourth-order valence-electron chi connectivity index (χ4n) is 3.73. The van der Waals surface area contributed by atoms with Gasteiger partial charge in [0, 0.05) is 33.7 Å². The summed E-state index contributed by atoms with van der Waals surface area (Å²) in [6.45, 7) is 14.4. The van der Waals surface area contributed by atoms with E-state index in [9.17, 15) is 0 Å². The van der Waals surface area contributed by atoms with E-state index >= 15 is 0 Å². The zero-order chi connectivity index (χ0) is 26.5. The third kappa shape index (κ3) is 11.4. The molecule has 0 aromatic heterocycles. The Bertz CT molecular complexity index is 525. The van der Waals surface area contributed by atoms with E-state index in [0.717, 1.165) is 13.1 Å². The fraction of sp³-hybridized carbons (Fsp3) is 1.00. The molecule has 9 nitrogen and oxygen atoms in total. The van der Waals surface area contributed by atoms with Gasteiger partial charge < -0.3 is 37.8 Å². The van der Waals surface area contributed by atoms with Gasteiger partial charge in [-0.1, -0.05) is 0 Å². The first kappa shape index (κ1) is 30.3. The first-order valence-corrected chi connectivity index (χ1v) is 13.5. The number of methoxy groups -OCH3 is 1. The molecule has 5 atom stereocenters. The summed E-state index contributed by atoms with van der Waals surface area (Å²) in [6.07, 6.45) is -1.45. The van der Waals surface area contributed by atoms with Gasteiger partial charge in [0.1, 0.15) is 18.3 Å². The van der Waals surface area contributed by atoms with Gasteiger partial charge in [-0.3, -0.25) is 0 Å². The van der Waals surface area contributed by atoms with Gasteiger partial charge in [0.25, 0.3) is 8.53 Å². The van der Waals surface area contributed by atoms with Crippen LogP contribution in [0.4, 0.5) is 0 Å². The Balaban J connectivity index is 3.05. The molecule has 0 aliphatic carbocycles. The molecule has 1 saturated heterocycles. The van der Waals surface area contributed by atoms with Gasteiger partial charge in [-0.2, -0.15) is 0 Å². The minimum Gasteiger partial charge on any atom is -0.377 e. The molecular formula is C24H52N3O6P. The van der Waals surface area contributed by atoms with Crippen molar-refractivity contribution in [2.24, 2.45) is 0 Å². The molecule has 1 rings (SSSR count). The van der Waals surface area contributed by atoms with Gasteiger partial charge in [0.2, 0.25) is 0 Å². The van der Waals surface area contributed by atoms with E-state index in [1.54, 1.807) is 7.11 Å². The highest BCUT2D eigenvalue weighted by atomic mass is 31.2. The van der Waals surface area contributed by atoms with Crippen LogP contribution in [0.3, 0.4) is 0 Å². The third-order valence-corrected chi connectivity index (χ3v) is 7.69. The summed E-state index contributed by atoms with van der Waals surface area (Å²) in [5.41, 5.74) is 0. The minimum absolute atomic E-state index is 0.103. The quantitative estimate of drug-likeness (QED) is 0.204. The lowest BCUT2D eigenvalue weighted by Gasteiger charge is -2.39. The molecule has 34 heavy (non-hydrogen) atoms. The number of likely N-dealkylation sites (N-methyl/N-ethyl adjacent to an activating group) is 2. The lowest BCUT2D eigenvalue weighted by atomic mass is 10.1. The van der Waals surface area contributed by atoms with Gasteiger partial charge in [-0.25, -0.2) is 4.67 Å². The SMILES string of the molecule is [2H]C[C@H]1O[C@@H](C)[C@@H](OC)C1OP(OC(COCCN(C)C)COCCN(C)C)N(C(C)C)C(C)C. The van der Waals surface area contributed by atoms with E-state index in [4.69, 9.17) is 29.4 Å². The zero-order valence-electron chi connectivity index (χ0n) is 24.2. The standard InChI is InChI=1S/C24H52N3O6P/c1-18(2)27(19(3)4)34(33-24-21(6)31-20(5)23(24)28-11)32-22(16-29-14-12-25(7)8)17-30-15-13-26(9)10/h18-24H,12-17H2,1-11H3/t20-,21+,23+,24?,34?/m0/s1/i6D. The van der Waals surface area contributed by atoms with Crippen LogP contribution in [0.1, 0.15) is 42.9 Å². The number of ether oxygens (including phenoxy) is 4. The molecular weight excluding hydrogens is 457 g/mol. The van der Waals surface area contributed by atoms with E-state index in [-0.39, 0.29) is 49.5 Å². The van der Waals surface area contributed by atoms with E-state index in [1.807, 2.05) is 35.1 Å². The second kappa shape index (κ2) is 16.7. The van der Waals surface area contributed by atoms with Crippen molar-refractivity contribution in [1.29, 1.82) is 0 Å². The van der Waals surface area contributed by atoms with Crippen LogP contribution in [-0.2, 0) is 28.0 Å². The van der Waals surface area contributed by atoms with E-state index in [2.05, 4.69) is 42.2 Å². The highest BCUT2D eigenvalue weighted by molar-refractivity contribution is 7.44. The summed E-state index contributed by atoms with van der Waals surface area (Å²) in [5.74, 6) is 0. The Hall–Kier alpha value is 0.0700. The number of nitrogens with zero attached hydrogens (tertiary/aromatic N) is 3. The van der Waals surface area contributed by atoms with Crippen molar-refractivity contribution < 1.29 is 29.4 Å². The molecule has 0 saturated carbocycles. The Morgan fingerprint density at radius 3 is 1.82 bits per heavy atom. The first-order chi connectivity index (χ1) is 16.5. The number of hydrogen-bond donors (Lipinski definition) is 0. The topological polar surface area (TPSA) is 65.1 Å². The monoisotopic (exact) mass is 510 g/mol. The van der Waals surface area contributed by atoms with E-state index in [0.29, 0.717) is 26.4 Å². The molecule has 2 unspecified atom stereocenters. The van der Waals surface area contributed by atoms with Crippen LogP contribution in [0.15, 0.2) is 0 Å². The lowest BCUT2D eigenvalue weighted by Crippen LogP contribution is -2.40. The molecule has 0 radical (unpaired) electrons. The number of rotatable bonds is 18. The second-order valence-corrected chi connectivity index (χ2v) is 11.3. The lowest BCUT2D eigenvalue weighted by molar-refractivity contribution is -0.0328. The van der Waals surface area contributed by atoms with E-state index < -0.39 is 8.53 Å². The fourth-order valence-corrected chi connectivity index (χ4v) is 5.60. The average Bonchev–Trinajstić information content (AvgIpc) is 3.06. The molecule has 0 amide bonds.